The summed E-state index contributed by atoms with van der Waals surface area (Å²) in [5.74, 6) is -4.08. The molecule has 1 aromatic heterocycles. The maximum Gasteiger partial charge on any atom is 0.490 e. The Labute approximate surface area is 191 Å². The molecular formula is C21H24F4N4O5. The van der Waals surface area contributed by atoms with Crippen molar-refractivity contribution in [3.63, 3.8) is 0 Å². The van der Waals surface area contributed by atoms with Crippen LogP contribution in [-0.4, -0.2) is 56.2 Å². The number of carboxylic acid groups (broad SMARTS) is 1. The second kappa shape index (κ2) is 11.6. The van der Waals surface area contributed by atoms with E-state index in [9.17, 15) is 32.3 Å². The summed E-state index contributed by atoms with van der Waals surface area (Å²) >= 11 is 0. The van der Waals surface area contributed by atoms with E-state index < -0.39 is 29.4 Å². The number of hydrogen-bond donors (Lipinski definition) is 4. The van der Waals surface area contributed by atoms with Crippen LogP contribution in [0.4, 0.5) is 17.6 Å². The largest absolute Gasteiger partial charge is 0.501 e. The number of likely N-dealkylation sites (tertiary alicyclic amines) is 1. The molecule has 1 atom stereocenters. The number of nitrogens with zero attached hydrogens (tertiary/aromatic N) is 2. The van der Waals surface area contributed by atoms with E-state index in [1.165, 1.54) is 12.1 Å². The molecule has 0 radical (unpaired) electrons. The molecule has 34 heavy (non-hydrogen) atoms. The average molecular weight is 488 g/mol. The lowest BCUT2D eigenvalue weighted by atomic mass is 10.0. The van der Waals surface area contributed by atoms with Crippen molar-refractivity contribution in [3.8, 4) is 5.75 Å². The number of aliphatic carboxylic acids is 1. The molecule has 2 aromatic rings. The third-order valence-corrected chi connectivity index (χ3v) is 5.07. The molecule has 3 rings (SSSR count). The highest BCUT2D eigenvalue weighted by atomic mass is 19.4. The number of amides is 1. The Kier molecular flexibility index (Phi) is 9.12. The van der Waals surface area contributed by atoms with Gasteiger partial charge in [0.15, 0.2) is 5.69 Å². The zero-order chi connectivity index (χ0) is 25.5. The SMILES string of the molecule is CCN1CCCCC1c1nc(C(=O)NCc2ccc(F)cc2)c(O)c(=O)[nH]1.O=C(O)C(F)(F)F. The first-order valence-corrected chi connectivity index (χ1v) is 10.3. The highest BCUT2D eigenvalue weighted by Gasteiger charge is 2.38. The molecule has 0 spiro atoms. The summed E-state index contributed by atoms with van der Waals surface area (Å²) in [5, 5.41) is 19.8. The van der Waals surface area contributed by atoms with Crippen LogP contribution in [0.2, 0.25) is 0 Å². The Morgan fingerprint density at radius 3 is 2.41 bits per heavy atom. The second-order valence-corrected chi connectivity index (χ2v) is 7.40. The lowest BCUT2D eigenvalue weighted by Gasteiger charge is -2.34. The standard InChI is InChI=1S/C19H23FN4O3.C2HF3O2/c1-2-24-10-4-3-5-14(24)17-22-15(16(25)19(27)23-17)18(26)21-11-12-6-8-13(20)9-7-12;3-2(4,5)1(6)7/h6-9,14,25H,2-5,10-11H2,1H3,(H,21,26)(H,22,23,27);(H,6,7). The van der Waals surface area contributed by atoms with Crippen molar-refractivity contribution in [3.05, 3.63) is 57.5 Å². The number of aromatic hydroxyl groups is 1. The van der Waals surface area contributed by atoms with Gasteiger partial charge in [-0.05, 0) is 43.6 Å². The molecule has 0 saturated carbocycles. The molecule has 186 valence electrons. The van der Waals surface area contributed by atoms with E-state index in [2.05, 4.69) is 20.2 Å². The summed E-state index contributed by atoms with van der Waals surface area (Å²) in [5.41, 5.74) is -0.329. The number of aromatic nitrogens is 2. The van der Waals surface area contributed by atoms with Gasteiger partial charge >= 0.3 is 12.1 Å². The van der Waals surface area contributed by atoms with Crippen LogP contribution in [0.25, 0.3) is 0 Å². The summed E-state index contributed by atoms with van der Waals surface area (Å²) in [4.78, 5) is 42.6. The fraction of sp³-hybridized carbons (Fsp3) is 0.429. The van der Waals surface area contributed by atoms with Crippen molar-refractivity contribution >= 4 is 11.9 Å². The summed E-state index contributed by atoms with van der Waals surface area (Å²) < 4.78 is 44.7. The van der Waals surface area contributed by atoms with E-state index in [1.807, 2.05) is 6.92 Å². The van der Waals surface area contributed by atoms with Crippen molar-refractivity contribution in [1.82, 2.24) is 20.2 Å². The first-order chi connectivity index (χ1) is 15.9. The van der Waals surface area contributed by atoms with E-state index in [1.54, 1.807) is 12.1 Å². The number of carboxylic acids is 1. The van der Waals surface area contributed by atoms with Crippen molar-refractivity contribution in [1.29, 1.82) is 0 Å². The minimum atomic E-state index is -5.08. The van der Waals surface area contributed by atoms with Gasteiger partial charge in [-0.1, -0.05) is 25.5 Å². The second-order valence-electron chi connectivity index (χ2n) is 7.40. The van der Waals surface area contributed by atoms with Crippen molar-refractivity contribution in [2.45, 2.75) is 44.9 Å². The summed E-state index contributed by atoms with van der Waals surface area (Å²) in [6.45, 7) is 3.87. The zero-order valence-electron chi connectivity index (χ0n) is 18.2. The van der Waals surface area contributed by atoms with Gasteiger partial charge in [-0.2, -0.15) is 13.2 Å². The van der Waals surface area contributed by atoms with Gasteiger partial charge in [-0.15, -0.1) is 0 Å². The van der Waals surface area contributed by atoms with Gasteiger partial charge in [0, 0.05) is 6.54 Å². The van der Waals surface area contributed by atoms with E-state index in [-0.39, 0.29) is 24.1 Å². The first kappa shape index (κ1) is 26.8. The number of halogens is 4. The van der Waals surface area contributed by atoms with Gasteiger partial charge in [-0.25, -0.2) is 14.2 Å². The van der Waals surface area contributed by atoms with E-state index >= 15 is 0 Å². The normalized spacial score (nSPS) is 16.3. The van der Waals surface area contributed by atoms with E-state index in [0.717, 1.165) is 32.4 Å². The van der Waals surface area contributed by atoms with Crippen LogP contribution in [0.3, 0.4) is 0 Å². The number of H-pyrrole nitrogens is 1. The lowest BCUT2D eigenvalue weighted by Crippen LogP contribution is -2.36. The molecule has 0 aliphatic carbocycles. The number of benzene rings is 1. The monoisotopic (exact) mass is 488 g/mol. The highest BCUT2D eigenvalue weighted by Crippen LogP contribution is 2.28. The van der Waals surface area contributed by atoms with Crippen molar-refractivity contribution in [2.24, 2.45) is 0 Å². The maximum atomic E-state index is 13.0. The molecule has 1 aliphatic heterocycles. The number of nitrogens with one attached hydrogen (secondary N) is 2. The first-order valence-electron chi connectivity index (χ1n) is 10.3. The molecule has 1 amide bonds. The maximum absolute atomic E-state index is 13.0. The highest BCUT2D eigenvalue weighted by molar-refractivity contribution is 5.94. The Balaban J connectivity index is 0.000000509. The molecule has 2 heterocycles. The number of alkyl halides is 3. The number of carbonyl (C=O) groups excluding carboxylic acids is 1. The summed E-state index contributed by atoms with van der Waals surface area (Å²) in [7, 11) is 0. The fourth-order valence-electron chi connectivity index (χ4n) is 3.35. The Morgan fingerprint density at radius 1 is 1.24 bits per heavy atom. The Morgan fingerprint density at radius 2 is 1.85 bits per heavy atom. The van der Waals surface area contributed by atoms with Crippen LogP contribution >= 0.6 is 0 Å². The molecule has 1 fully saturated rings. The minimum absolute atomic E-state index is 0.0827. The molecule has 13 heteroatoms. The van der Waals surface area contributed by atoms with E-state index in [4.69, 9.17) is 9.90 Å². The van der Waals surface area contributed by atoms with Gasteiger partial charge in [0.25, 0.3) is 11.5 Å². The van der Waals surface area contributed by atoms with Crippen LogP contribution < -0.4 is 10.9 Å². The molecule has 1 aliphatic rings. The number of rotatable bonds is 5. The van der Waals surface area contributed by atoms with Crippen molar-refractivity contribution < 1.29 is 37.4 Å². The van der Waals surface area contributed by atoms with Crippen LogP contribution in [0.5, 0.6) is 5.75 Å². The van der Waals surface area contributed by atoms with Gasteiger partial charge in [0.1, 0.15) is 11.6 Å². The summed E-state index contributed by atoms with van der Waals surface area (Å²) in [6.07, 6.45) is -2.16. The predicted molar refractivity (Wildman–Crippen MR) is 112 cm³/mol. The molecule has 1 unspecified atom stereocenters. The predicted octanol–water partition coefficient (Wildman–Crippen LogP) is 2.72. The van der Waals surface area contributed by atoms with Crippen molar-refractivity contribution in [2.75, 3.05) is 13.1 Å². The van der Waals surface area contributed by atoms with Crippen LogP contribution in [0, 0.1) is 5.82 Å². The van der Waals surface area contributed by atoms with Crippen LogP contribution in [0.15, 0.2) is 29.1 Å². The third kappa shape index (κ3) is 7.27. The van der Waals surface area contributed by atoms with Gasteiger partial charge < -0.3 is 20.5 Å². The minimum Gasteiger partial charge on any atom is -0.501 e. The molecule has 1 saturated heterocycles. The Bertz CT molecular complexity index is 1060. The Hall–Kier alpha value is -3.48. The number of carbonyl (C=O) groups is 2. The molecule has 9 nitrogen and oxygen atoms in total. The van der Waals surface area contributed by atoms with Gasteiger partial charge in [0.05, 0.1) is 6.04 Å². The molecule has 1 aromatic carbocycles. The third-order valence-electron chi connectivity index (χ3n) is 5.07. The molecule has 0 bridgehead atoms. The van der Waals surface area contributed by atoms with Crippen LogP contribution in [-0.2, 0) is 11.3 Å². The molecular weight excluding hydrogens is 464 g/mol. The topological polar surface area (TPSA) is 136 Å². The zero-order valence-corrected chi connectivity index (χ0v) is 18.2. The lowest BCUT2D eigenvalue weighted by molar-refractivity contribution is -0.192. The summed E-state index contributed by atoms with van der Waals surface area (Å²) in [6, 6.07) is 5.61. The smallest absolute Gasteiger partial charge is 0.490 e. The van der Waals surface area contributed by atoms with E-state index in [0.29, 0.717) is 11.4 Å². The molecule has 4 N–H and O–H groups in total. The number of piperidine rings is 1. The van der Waals surface area contributed by atoms with Gasteiger partial charge in [0.2, 0.25) is 5.75 Å². The fourth-order valence-corrected chi connectivity index (χ4v) is 3.35. The van der Waals surface area contributed by atoms with Crippen LogP contribution in [0.1, 0.15) is 54.1 Å². The average Bonchev–Trinajstić information content (AvgIpc) is 2.80. The quantitative estimate of drug-likeness (QED) is 0.475. The van der Waals surface area contributed by atoms with Gasteiger partial charge in [-0.3, -0.25) is 14.5 Å². The number of hydrogen-bond acceptors (Lipinski definition) is 6. The number of aromatic amines is 1.